The maximum Gasteiger partial charge on any atom is 0.234 e. The van der Waals surface area contributed by atoms with Gasteiger partial charge in [-0.25, -0.2) is 4.98 Å². The van der Waals surface area contributed by atoms with Crippen molar-refractivity contribution in [3.05, 3.63) is 52.6 Å². The first-order valence-electron chi connectivity index (χ1n) is 6.31. The van der Waals surface area contributed by atoms with E-state index < -0.39 is 0 Å². The van der Waals surface area contributed by atoms with Gasteiger partial charge in [-0.3, -0.25) is 4.79 Å². The Hall–Kier alpha value is -1.33. The van der Waals surface area contributed by atoms with Gasteiger partial charge in [0, 0.05) is 16.4 Å². The second kappa shape index (κ2) is 7.45. The molecule has 0 radical (unpaired) electrons. The summed E-state index contributed by atoms with van der Waals surface area (Å²) in [5.74, 6) is 0.341. The molecule has 0 atom stereocenters. The SMILES string of the molecule is CCc1ccccc1NC(=O)CSc1ccc(Br)cn1. The predicted molar refractivity (Wildman–Crippen MR) is 87.1 cm³/mol. The van der Waals surface area contributed by atoms with E-state index in [-0.39, 0.29) is 5.91 Å². The minimum atomic E-state index is -0.0133. The van der Waals surface area contributed by atoms with Crippen molar-refractivity contribution in [1.29, 1.82) is 0 Å². The largest absolute Gasteiger partial charge is 0.325 e. The van der Waals surface area contributed by atoms with Crippen LogP contribution in [0.5, 0.6) is 0 Å². The van der Waals surface area contributed by atoms with Gasteiger partial charge >= 0.3 is 0 Å². The van der Waals surface area contributed by atoms with E-state index in [0.29, 0.717) is 5.75 Å². The molecule has 1 aromatic heterocycles. The molecule has 20 heavy (non-hydrogen) atoms. The van der Waals surface area contributed by atoms with Crippen LogP contribution in [-0.2, 0) is 11.2 Å². The number of benzene rings is 1. The van der Waals surface area contributed by atoms with E-state index in [1.807, 2.05) is 36.4 Å². The molecule has 1 amide bonds. The van der Waals surface area contributed by atoms with E-state index >= 15 is 0 Å². The van der Waals surface area contributed by atoms with E-state index in [4.69, 9.17) is 0 Å². The average Bonchev–Trinajstić information content (AvgIpc) is 2.47. The lowest BCUT2D eigenvalue weighted by atomic mass is 10.1. The molecule has 0 aliphatic carbocycles. The molecule has 0 unspecified atom stereocenters. The quantitative estimate of drug-likeness (QED) is 0.824. The van der Waals surface area contributed by atoms with Gasteiger partial charge in [0.2, 0.25) is 5.91 Å². The number of pyridine rings is 1. The molecule has 104 valence electrons. The zero-order valence-electron chi connectivity index (χ0n) is 11.1. The van der Waals surface area contributed by atoms with Crippen LogP contribution in [0.25, 0.3) is 0 Å². The molecular weight excluding hydrogens is 336 g/mol. The van der Waals surface area contributed by atoms with Gasteiger partial charge in [-0.05, 0) is 46.1 Å². The van der Waals surface area contributed by atoms with Gasteiger partial charge in [0.1, 0.15) is 0 Å². The number of nitrogens with one attached hydrogen (secondary N) is 1. The van der Waals surface area contributed by atoms with Gasteiger partial charge in [0.15, 0.2) is 0 Å². The fourth-order valence-electron chi connectivity index (χ4n) is 1.72. The highest BCUT2D eigenvalue weighted by molar-refractivity contribution is 9.10. The smallest absolute Gasteiger partial charge is 0.234 e. The summed E-state index contributed by atoms with van der Waals surface area (Å²) in [6.45, 7) is 2.07. The standard InChI is InChI=1S/C15H15BrN2OS/c1-2-11-5-3-4-6-13(11)18-14(19)10-20-15-8-7-12(16)9-17-15/h3-9H,2,10H2,1H3,(H,18,19). The number of nitrogens with zero attached hydrogens (tertiary/aromatic N) is 1. The van der Waals surface area contributed by atoms with E-state index in [1.165, 1.54) is 11.8 Å². The number of carbonyl (C=O) groups excluding carboxylic acids is 1. The van der Waals surface area contributed by atoms with Crippen LogP contribution in [0, 0.1) is 0 Å². The van der Waals surface area contributed by atoms with Crippen LogP contribution >= 0.6 is 27.7 Å². The Morgan fingerprint density at radius 2 is 2.10 bits per heavy atom. The third-order valence-corrected chi connectivity index (χ3v) is 4.14. The first kappa shape index (κ1) is 15.1. The highest BCUT2D eigenvalue weighted by Crippen LogP contribution is 2.19. The van der Waals surface area contributed by atoms with Crippen LogP contribution in [0.2, 0.25) is 0 Å². The highest BCUT2D eigenvalue weighted by Gasteiger charge is 2.06. The van der Waals surface area contributed by atoms with Crippen molar-refractivity contribution in [2.24, 2.45) is 0 Å². The van der Waals surface area contributed by atoms with Crippen molar-refractivity contribution < 1.29 is 4.79 Å². The number of hydrogen-bond acceptors (Lipinski definition) is 3. The van der Waals surface area contributed by atoms with Gasteiger partial charge in [-0.1, -0.05) is 36.9 Å². The minimum Gasteiger partial charge on any atom is -0.325 e. The first-order valence-corrected chi connectivity index (χ1v) is 8.09. The summed E-state index contributed by atoms with van der Waals surface area (Å²) in [7, 11) is 0. The summed E-state index contributed by atoms with van der Waals surface area (Å²) in [6, 6.07) is 11.7. The predicted octanol–water partition coefficient (Wildman–Crippen LogP) is 4.14. The van der Waals surface area contributed by atoms with Gasteiger partial charge in [-0.15, -0.1) is 0 Å². The fourth-order valence-corrected chi connectivity index (χ4v) is 2.60. The maximum atomic E-state index is 12.0. The lowest BCUT2D eigenvalue weighted by Gasteiger charge is -2.09. The molecule has 0 saturated heterocycles. The third kappa shape index (κ3) is 4.35. The Morgan fingerprint density at radius 3 is 2.80 bits per heavy atom. The molecule has 0 saturated carbocycles. The maximum absolute atomic E-state index is 12.0. The zero-order valence-corrected chi connectivity index (χ0v) is 13.5. The minimum absolute atomic E-state index is 0.0133. The summed E-state index contributed by atoms with van der Waals surface area (Å²) >= 11 is 4.76. The Labute approximate surface area is 131 Å². The zero-order chi connectivity index (χ0) is 14.4. The van der Waals surface area contributed by atoms with Crippen molar-refractivity contribution in [3.63, 3.8) is 0 Å². The van der Waals surface area contributed by atoms with Crippen LogP contribution in [0.4, 0.5) is 5.69 Å². The number of aromatic nitrogens is 1. The lowest BCUT2D eigenvalue weighted by Crippen LogP contribution is -2.15. The molecule has 0 bridgehead atoms. The van der Waals surface area contributed by atoms with E-state index in [1.54, 1.807) is 6.20 Å². The molecule has 1 N–H and O–H groups in total. The Bertz CT molecular complexity index is 587. The number of para-hydroxylation sites is 1. The number of aryl methyl sites for hydroxylation is 1. The number of amides is 1. The third-order valence-electron chi connectivity index (χ3n) is 2.72. The number of hydrogen-bond donors (Lipinski definition) is 1. The van der Waals surface area contributed by atoms with E-state index in [9.17, 15) is 4.79 Å². The molecule has 0 aliphatic rings. The van der Waals surface area contributed by atoms with Gasteiger partial charge in [0.05, 0.1) is 10.8 Å². The van der Waals surface area contributed by atoms with Crippen molar-refractivity contribution in [1.82, 2.24) is 4.98 Å². The monoisotopic (exact) mass is 350 g/mol. The molecule has 0 fully saturated rings. The Morgan fingerprint density at radius 1 is 1.30 bits per heavy atom. The number of carbonyl (C=O) groups is 1. The van der Waals surface area contributed by atoms with E-state index in [2.05, 4.69) is 33.2 Å². The second-order valence-electron chi connectivity index (χ2n) is 4.16. The Balaban J connectivity index is 1.91. The fraction of sp³-hybridized carbons (Fsp3) is 0.200. The summed E-state index contributed by atoms with van der Waals surface area (Å²) in [5.41, 5.74) is 2.04. The second-order valence-corrected chi connectivity index (χ2v) is 6.07. The van der Waals surface area contributed by atoms with Crippen molar-refractivity contribution in [2.45, 2.75) is 18.4 Å². The highest BCUT2D eigenvalue weighted by atomic mass is 79.9. The van der Waals surface area contributed by atoms with E-state index in [0.717, 1.165) is 27.2 Å². The van der Waals surface area contributed by atoms with Crippen LogP contribution in [0.15, 0.2) is 52.1 Å². The number of halogens is 1. The molecule has 0 spiro atoms. The molecule has 1 aromatic carbocycles. The molecular formula is C15H15BrN2OS. The van der Waals surface area contributed by atoms with Gasteiger partial charge in [0.25, 0.3) is 0 Å². The molecule has 3 nitrogen and oxygen atoms in total. The summed E-state index contributed by atoms with van der Waals surface area (Å²) in [5, 5.41) is 3.79. The summed E-state index contributed by atoms with van der Waals surface area (Å²) in [6.07, 6.45) is 2.63. The molecule has 1 heterocycles. The van der Waals surface area contributed by atoms with Crippen molar-refractivity contribution in [3.8, 4) is 0 Å². The van der Waals surface area contributed by atoms with Crippen LogP contribution in [0.1, 0.15) is 12.5 Å². The van der Waals surface area contributed by atoms with Gasteiger partial charge in [-0.2, -0.15) is 0 Å². The van der Waals surface area contributed by atoms with Crippen LogP contribution in [0.3, 0.4) is 0 Å². The lowest BCUT2D eigenvalue weighted by molar-refractivity contribution is -0.113. The normalized spacial score (nSPS) is 10.3. The number of thioether (sulfide) groups is 1. The summed E-state index contributed by atoms with van der Waals surface area (Å²) < 4.78 is 0.933. The Kier molecular flexibility index (Phi) is 5.61. The van der Waals surface area contributed by atoms with Crippen LogP contribution in [-0.4, -0.2) is 16.6 Å². The summed E-state index contributed by atoms with van der Waals surface area (Å²) in [4.78, 5) is 16.2. The average molecular weight is 351 g/mol. The van der Waals surface area contributed by atoms with Crippen molar-refractivity contribution in [2.75, 3.05) is 11.1 Å². The van der Waals surface area contributed by atoms with Crippen LogP contribution < -0.4 is 5.32 Å². The topological polar surface area (TPSA) is 42.0 Å². The first-order chi connectivity index (χ1) is 9.69. The molecule has 0 aliphatic heterocycles. The molecule has 2 rings (SSSR count). The molecule has 5 heteroatoms. The molecule has 2 aromatic rings. The van der Waals surface area contributed by atoms with Crippen molar-refractivity contribution >= 4 is 39.3 Å². The number of anilines is 1. The number of rotatable bonds is 5. The van der Waals surface area contributed by atoms with Gasteiger partial charge < -0.3 is 5.32 Å².